The number of sulfonamides is 1. The summed E-state index contributed by atoms with van der Waals surface area (Å²) in [6.45, 7) is 2.55. The highest BCUT2D eigenvalue weighted by Gasteiger charge is 2.38. The summed E-state index contributed by atoms with van der Waals surface area (Å²) in [7, 11) is -4.05. The molecule has 1 aromatic rings. The van der Waals surface area contributed by atoms with Gasteiger partial charge in [-0.25, -0.2) is 17.9 Å². The molecule has 2 atom stereocenters. The molecule has 0 amide bonds. The maximum Gasteiger partial charge on any atom is 0.337 e. The second-order valence-electron chi connectivity index (χ2n) is 5.30. The van der Waals surface area contributed by atoms with Gasteiger partial charge in [0.15, 0.2) is 0 Å². The number of likely N-dealkylation sites (N-methyl/N-ethyl adjacent to an activating group) is 1. The Morgan fingerprint density at radius 2 is 1.96 bits per heavy atom. The summed E-state index contributed by atoms with van der Waals surface area (Å²) in [6.07, 6.45) is 0.137. The Labute approximate surface area is 133 Å². The van der Waals surface area contributed by atoms with Gasteiger partial charge in [0.25, 0.3) is 0 Å². The SMILES string of the molecule is CCN1C[C@H](NS(=O)(=O)c2ccccc2C(=O)O)C[C@H]1C(=O)O. The van der Waals surface area contributed by atoms with E-state index in [4.69, 9.17) is 10.2 Å². The minimum Gasteiger partial charge on any atom is -0.480 e. The second kappa shape index (κ2) is 6.65. The Bertz CT molecular complexity index is 718. The number of aliphatic carboxylic acids is 1. The van der Waals surface area contributed by atoms with Crippen molar-refractivity contribution in [3.63, 3.8) is 0 Å². The molecule has 0 bridgehead atoms. The molecule has 1 heterocycles. The number of carbonyl (C=O) groups is 2. The van der Waals surface area contributed by atoms with E-state index in [0.717, 1.165) is 0 Å². The van der Waals surface area contributed by atoms with Crippen molar-refractivity contribution in [2.24, 2.45) is 0 Å². The number of carboxylic acids is 2. The van der Waals surface area contributed by atoms with Crippen LogP contribution in [-0.4, -0.2) is 60.6 Å². The highest BCUT2D eigenvalue weighted by molar-refractivity contribution is 7.89. The lowest BCUT2D eigenvalue weighted by atomic mass is 10.2. The smallest absolute Gasteiger partial charge is 0.337 e. The van der Waals surface area contributed by atoms with E-state index >= 15 is 0 Å². The lowest BCUT2D eigenvalue weighted by Crippen LogP contribution is -2.38. The van der Waals surface area contributed by atoms with Gasteiger partial charge in [0.2, 0.25) is 10.0 Å². The van der Waals surface area contributed by atoms with Gasteiger partial charge in [-0.15, -0.1) is 0 Å². The molecule has 0 aromatic heterocycles. The number of hydrogen-bond acceptors (Lipinski definition) is 5. The molecule has 23 heavy (non-hydrogen) atoms. The number of benzene rings is 1. The van der Waals surface area contributed by atoms with Crippen LogP contribution >= 0.6 is 0 Å². The lowest BCUT2D eigenvalue weighted by molar-refractivity contribution is -0.142. The zero-order chi connectivity index (χ0) is 17.2. The maximum atomic E-state index is 12.4. The predicted octanol–water partition coefficient (Wildman–Crippen LogP) is 0.211. The normalized spacial score (nSPS) is 22.1. The van der Waals surface area contributed by atoms with Crippen molar-refractivity contribution in [1.82, 2.24) is 9.62 Å². The molecule has 0 saturated carbocycles. The average Bonchev–Trinajstić information content (AvgIpc) is 2.89. The fraction of sp³-hybridized carbons (Fsp3) is 0.429. The molecule has 9 heteroatoms. The van der Waals surface area contributed by atoms with Gasteiger partial charge in [-0.2, -0.15) is 0 Å². The second-order valence-corrected chi connectivity index (χ2v) is 6.98. The highest BCUT2D eigenvalue weighted by atomic mass is 32.2. The number of carboxylic acid groups (broad SMARTS) is 2. The van der Waals surface area contributed by atoms with E-state index < -0.39 is 34.0 Å². The Balaban J connectivity index is 2.23. The number of rotatable bonds is 6. The minimum atomic E-state index is -4.05. The van der Waals surface area contributed by atoms with E-state index in [-0.39, 0.29) is 23.4 Å². The van der Waals surface area contributed by atoms with Crippen LogP contribution in [0.25, 0.3) is 0 Å². The maximum absolute atomic E-state index is 12.4. The molecule has 0 aliphatic carbocycles. The van der Waals surface area contributed by atoms with Gasteiger partial charge >= 0.3 is 11.9 Å². The Kier molecular flexibility index (Phi) is 5.03. The van der Waals surface area contributed by atoms with E-state index in [0.29, 0.717) is 6.54 Å². The topological polar surface area (TPSA) is 124 Å². The first-order chi connectivity index (χ1) is 10.8. The molecular formula is C14H18N2O6S. The van der Waals surface area contributed by atoms with Crippen LogP contribution in [0.15, 0.2) is 29.2 Å². The molecule has 0 radical (unpaired) electrons. The van der Waals surface area contributed by atoms with Crippen molar-refractivity contribution in [2.75, 3.05) is 13.1 Å². The third kappa shape index (κ3) is 3.69. The molecule has 8 nitrogen and oxygen atoms in total. The van der Waals surface area contributed by atoms with Crippen LogP contribution in [0, 0.1) is 0 Å². The first kappa shape index (κ1) is 17.4. The number of nitrogens with zero attached hydrogens (tertiary/aromatic N) is 1. The predicted molar refractivity (Wildman–Crippen MR) is 80.8 cm³/mol. The standard InChI is InChI=1S/C14H18N2O6S/c1-2-16-8-9(7-11(16)14(19)20)15-23(21,22)12-6-4-3-5-10(12)13(17)18/h3-6,9,11,15H,2,7-8H2,1H3,(H,17,18)(H,19,20)/t9-,11+/m1/s1. The third-order valence-electron chi connectivity index (χ3n) is 3.82. The molecule has 1 aliphatic rings. The molecule has 1 aliphatic heterocycles. The average molecular weight is 342 g/mol. The van der Waals surface area contributed by atoms with Gasteiger partial charge in [0, 0.05) is 12.6 Å². The van der Waals surface area contributed by atoms with Crippen LogP contribution in [0.2, 0.25) is 0 Å². The van der Waals surface area contributed by atoms with E-state index in [2.05, 4.69) is 4.72 Å². The van der Waals surface area contributed by atoms with Crippen molar-refractivity contribution in [2.45, 2.75) is 30.3 Å². The molecule has 0 unspecified atom stereocenters. The quantitative estimate of drug-likeness (QED) is 0.675. The monoisotopic (exact) mass is 342 g/mol. The number of aromatic carboxylic acids is 1. The lowest BCUT2D eigenvalue weighted by Gasteiger charge is -2.18. The minimum absolute atomic E-state index is 0.137. The molecule has 1 saturated heterocycles. The summed E-state index contributed by atoms with van der Waals surface area (Å²) >= 11 is 0. The van der Waals surface area contributed by atoms with Crippen LogP contribution in [-0.2, 0) is 14.8 Å². The summed E-state index contributed by atoms with van der Waals surface area (Å²) in [5.74, 6) is -2.34. The molecule has 0 spiro atoms. The van der Waals surface area contributed by atoms with Crippen molar-refractivity contribution in [1.29, 1.82) is 0 Å². The number of likely N-dealkylation sites (tertiary alicyclic amines) is 1. The van der Waals surface area contributed by atoms with E-state index in [1.807, 2.05) is 0 Å². The van der Waals surface area contributed by atoms with E-state index in [1.165, 1.54) is 24.3 Å². The van der Waals surface area contributed by atoms with E-state index in [9.17, 15) is 18.0 Å². The third-order valence-corrected chi connectivity index (χ3v) is 5.40. The first-order valence-corrected chi connectivity index (χ1v) is 8.56. The molecule has 126 valence electrons. The van der Waals surface area contributed by atoms with Gasteiger partial charge in [0.05, 0.1) is 10.5 Å². The van der Waals surface area contributed by atoms with Crippen LogP contribution < -0.4 is 4.72 Å². The van der Waals surface area contributed by atoms with Crippen LogP contribution in [0.3, 0.4) is 0 Å². The van der Waals surface area contributed by atoms with Crippen LogP contribution in [0.4, 0.5) is 0 Å². The molecule has 3 N–H and O–H groups in total. The Hall–Kier alpha value is -1.97. The zero-order valence-electron chi connectivity index (χ0n) is 12.5. The fourth-order valence-electron chi connectivity index (χ4n) is 2.76. The van der Waals surface area contributed by atoms with Gasteiger partial charge in [0.1, 0.15) is 6.04 Å². The van der Waals surface area contributed by atoms with Crippen LogP contribution in [0.5, 0.6) is 0 Å². The molecule has 2 rings (SSSR count). The van der Waals surface area contributed by atoms with Gasteiger partial charge < -0.3 is 10.2 Å². The largest absolute Gasteiger partial charge is 0.480 e. The molecule has 1 aromatic carbocycles. The van der Waals surface area contributed by atoms with Crippen LogP contribution in [0.1, 0.15) is 23.7 Å². The summed E-state index contributed by atoms with van der Waals surface area (Å²) in [5.41, 5.74) is -0.319. The summed E-state index contributed by atoms with van der Waals surface area (Å²) < 4.78 is 27.3. The summed E-state index contributed by atoms with van der Waals surface area (Å²) in [5, 5.41) is 18.3. The zero-order valence-corrected chi connectivity index (χ0v) is 13.3. The first-order valence-electron chi connectivity index (χ1n) is 7.07. The van der Waals surface area contributed by atoms with Gasteiger partial charge in [-0.3, -0.25) is 9.69 Å². The van der Waals surface area contributed by atoms with E-state index in [1.54, 1.807) is 11.8 Å². The van der Waals surface area contributed by atoms with Crippen molar-refractivity contribution in [3.8, 4) is 0 Å². The summed E-state index contributed by atoms with van der Waals surface area (Å²) in [6, 6.07) is 3.98. The fourth-order valence-corrected chi connectivity index (χ4v) is 4.19. The number of hydrogen-bond donors (Lipinski definition) is 3. The Morgan fingerprint density at radius 1 is 1.30 bits per heavy atom. The highest BCUT2D eigenvalue weighted by Crippen LogP contribution is 2.21. The van der Waals surface area contributed by atoms with Gasteiger partial charge in [-0.1, -0.05) is 19.1 Å². The summed E-state index contributed by atoms with van der Waals surface area (Å²) in [4.78, 5) is 23.7. The Morgan fingerprint density at radius 3 is 2.48 bits per heavy atom. The van der Waals surface area contributed by atoms with Gasteiger partial charge in [-0.05, 0) is 25.1 Å². The van der Waals surface area contributed by atoms with Crippen molar-refractivity contribution < 1.29 is 28.2 Å². The van der Waals surface area contributed by atoms with Crippen molar-refractivity contribution in [3.05, 3.63) is 29.8 Å². The van der Waals surface area contributed by atoms with Crippen molar-refractivity contribution >= 4 is 22.0 Å². The number of nitrogens with one attached hydrogen (secondary N) is 1. The molecular weight excluding hydrogens is 324 g/mol. The molecule has 1 fully saturated rings.